The fourth-order valence-corrected chi connectivity index (χ4v) is 3.43. The summed E-state index contributed by atoms with van der Waals surface area (Å²) in [6.45, 7) is 3.18. The second-order valence-corrected chi connectivity index (χ2v) is 7.72. The predicted molar refractivity (Wildman–Crippen MR) is 96.2 cm³/mol. The normalized spacial score (nSPS) is 16.2. The maximum Gasteiger partial charge on any atom is 0.260 e. The van der Waals surface area contributed by atoms with Crippen molar-refractivity contribution in [3.05, 3.63) is 29.8 Å². The molecule has 0 bridgehead atoms. The molecule has 138 valence electrons. The van der Waals surface area contributed by atoms with Crippen molar-refractivity contribution in [3.63, 3.8) is 0 Å². The lowest BCUT2D eigenvalue weighted by Crippen LogP contribution is -2.51. The van der Waals surface area contributed by atoms with Gasteiger partial charge in [-0.3, -0.25) is 4.79 Å². The van der Waals surface area contributed by atoms with Gasteiger partial charge in [0.25, 0.3) is 5.91 Å². The van der Waals surface area contributed by atoms with Crippen molar-refractivity contribution in [1.82, 2.24) is 9.21 Å². The van der Waals surface area contributed by atoms with Crippen LogP contribution >= 0.6 is 0 Å². The Hall–Kier alpha value is -2.06. The van der Waals surface area contributed by atoms with Crippen molar-refractivity contribution < 1.29 is 22.7 Å². The predicted octanol–water partition coefficient (Wildman–Crippen LogP) is 1.21. The minimum absolute atomic E-state index is 0.113. The standard InChI is InChI=1S/C17H24N2O5S/c1-4-5-14-6-7-15(16(12-14)23-2)24-13-17(20)18-8-10-19(11-9-18)25(3,21)22/h4-7,12H,8-11,13H2,1-3H3. The smallest absolute Gasteiger partial charge is 0.260 e. The Balaban J connectivity index is 1.92. The topological polar surface area (TPSA) is 76.2 Å². The molecule has 0 spiro atoms. The number of nitrogens with zero attached hydrogens (tertiary/aromatic N) is 2. The van der Waals surface area contributed by atoms with E-state index in [1.54, 1.807) is 18.1 Å². The number of hydrogen-bond donors (Lipinski definition) is 0. The lowest BCUT2D eigenvalue weighted by Gasteiger charge is -2.33. The highest BCUT2D eigenvalue weighted by Crippen LogP contribution is 2.28. The average molecular weight is 368 g/mol. The van der Waals surface area contributed by atoms with Crippen molar-refractivity contribution in [2.24, 2.45) is 0 Å². The van der Waals surface area contributed by atoms with Crippen LogP contribution in [0.3, 0.4) is 0 Å². The van der Waals surface area contributed by atoms with Gasteiger partial charge < -0.3 is 14.4 Å². The molecule has 1 saturated heterocycles. The van der Waals surface area contributed by atoms with Gasteiger partial charge in [0.2, 0.25) is 10.0 Å². The molecule has 2 rings (SSSR count). The fourth-order valence-electron chi connectivity index (χ4n) is 2.60. The van der Waals surface area contributed by atoms with Gasteiger partial charge in [-0.05, 0) is 24.6 Å². The van der Waals surface area contributed by atoms with Crippen LogP contribution in [0.15, 0.2) is 24.3 Å². The van der Waals surface area contributed by atoms with Crippen LogP contribution in [0, 0.1) is 0 Å². The maximum atomic E-state index is 12.3. The van der Waals surface area contributed by atoms with E-state index in [1.165, 1.54) is 10.6 Å². The average Bonchev–Trinajstić information content (AvgIpc) is 2.59. The largest absolute Gasteiger partial charge is 0.493 e. The van der Waals surface area contributed by atoms with Crippen LogP contribution in [0.5, 0.6) is 11.5 Å². The monoisotopic (exact) mass is 368 g/mol. The molecule has 1 aliphatic rings. The number of carbonyl (C=O) groups is 1. The lowest BCUT2D eigenvalue weighted by molar-refractivity contribution is -0.134. The second-order valence-electron chi connectivity index (χ2n) is 5.74. The molecule has 0 aliphatic carbocycles. The lowest BCUT2D eigenvalue weighted by atomic mass is 10.2. The van der Waals surface area contributed by atoms with E-state index in [0.717, 1.165) is 5.56 Å². The second kappa shape index (κ2) is 8.35. The van der Waals surface area contributed by atoms with Crippen LogP contribution < -0.4 is 9.47 Å². The molecule has 0 saturated carbocycles. The number of amides is 1. The summed E-state index contributed by atoms with van der Waals surface area (Å²) >= 11 is 0. The molecule has 0 radical (unpaired) electrons. The van der Waals surface area contributed by atoms with E-state index in [1.807, 2.05) is 31.2 Å². The van der Waals surface area contributed by atoms with Crippen molar-refractivity contribution in [2.45, 2.75) is 6.92 Å². The summed E-state index contributed by atoms with van der Waals surface area (Å²) in [5.74, 6) is 0.886. The minimum atomic E-state index is -3.21. The number of ether oxygens (including phenoxy) is 2. The Morgan fingerprint density at radius 2 is 1.88 bits per heavy atom. The third-order valence-corrected chi connectivity index (χ3v) is 5.26. The van der Waals surface area contributed by atoms with Gasteiger partial charge >= 0.3 is 0 Å². The van der Waals surface area contributed by atoms with Gasteiger partial charge in [0.15, 0.2) is 18.1 Å². The van der Waals surface area contributed by atoms with Crippen LogP contribution in [-0.4, -0.2) is 69.7 Å². The Bertz CT molecular complexity index is 737. The third kappa shape index (κ3) is 5.20. The zero-order valence-corrected chi connectivity index (χ0v) is 15.6. The van der Waals surface area contributed by atoms with E-state index in [0.29, 0.717) is 37.7 Å². The van der Waals surface area contributed by atoms with Crippen molar-refractivity contribution in [1.29, 1.82) is 0 Å². The first-order valence-electron chi connectivity index (χ1n) is 8.01. The minimum Gasteiger partial charge on any atom is -0.493 e. The van der Waals surface area contributed by atoms with Crippen LogP contribution in [0.25, 0.3) is 6.08 Å². The zero-order valence-electron chi connectivity index (χ0n) is 14.8. The van der Waals surface area contributed by atoms with Crippen molar-refractivity contribution in [3.8, 4) is 11.5 Å². The summed E-state index contributed by atoms with van der Waals surface area (Å²) < 4.78 is 35.3. The number of benzene rings is 1. The molecule has 1 amide bonds. The van der Waals surface area contributed by atoms with Gasteiger partial charge in [0.1, 0.15) is 0 Å². The van der Waals surface area contributed by atoms with Gasteiger partial charge in [0.05, 0.1) is 13.4 Å². The highest BCUT2D eigenvalue weighted by molar-refractivity contribution is 7.88. The molecule has 8 heteroatoms. The maximum absolute atomic E-state index is 12.3. The van der Waals surface area contributed by atoms with Gasteiger partial charge in [-0.2, -0.15) is 4.31 Å². The van der Waals surface area contributed by atoms with Crippen LogP contribution in [0.1, 0.15) is 12.5 Å². The number of piperazine rings is 1. The van der Waals surface area contributed by atoms with Gasteiger partial charge in [0, 0.05) is 26.2 Å². The summed E-state index contributed by atoms with van der Waals surface area (Å²) in [7, 11) is -1.66. The van der Waals surface area contributed by atoms with E-state index in [4.69, 9.17) is 9.47 Å². The van der Waals surface area contributed by atoms with Crippen molar-refractivity contribution >= 4 is 22.0 Å². The van der Waals surface area contributed by atoms with E-state index >= 15 is 0 Å². The van der Waals surface area contributed by atoms with Crippen LogP contribution in [0.4, 0.5) is 0 Å². The summed E-state index contributed by atoms with van der Waals surface area (Å²) in [6, 6.07) is 5.49. The highest BCUT2D eigenvalue weighted by atomic mass is 32.2. The molecule has 1 heterocycles. The first kappa shape index (κ1) is 19.3. The molecule has 0 unspecified atom stereocenters. The molecule has 25 heavy (non-hydrogen) atoms. The van der Waals surface area contributed by atoms with Crippen LogP contribution in [0.2, 0.25) is 0 Å². The Labute approximate surface area is 148 Å². The molecular weight excluding hydrogens is 344 g/mol. The fraction of sp³-hybridized carbons (Fsp3) is 0.471. The van der Waals surface area contributed by atoms with Gasteiger partial charge in [-0.1, -0.05) is 18.2 Å². The van der Waals surface area contributed by atoms with E-state index < -0.39 is 10.0 Å². The molecule has 0 atom stereocenters. The third-order valence-electron chi connectivity index (χ3n) is 3.96. The molecule has 1 aromatic carbocycles. The van der Waals surface area contributed by atoms with E-state index in [9.17, 15) is 13.2 Å². The summed E-state index contributed by atoms with van der Waals surface area (Å²) in [4.78, 5) is 13.9. The molecule has 7 nitrogen and oxygen atoms in total. The molecule has 1 fully saturated rings. The number of carbonyl (C=O) groups excluding carboxylic acids is 1. The number of rotatable bonds is 6. The number of hydrogen-bond acceptors (Lipinski definition) is 5. The quantitative estimate of drug-likeness (QED) is 0.754. The first-order valence-corrected chi connectivity index (χ1v) is 9.86. The van der Waals surface area contributed by atoms with Crippen molar-refractivity contribution in [2.75, 3.05) is 46.2 Å². The molecule has 1 aromatic rings. The Morgan fingerprint density at radius 3 is 2.44 bits per heavy atom. The summed E-state index contributed by atoms with van der Waals surface area (Å²) in [6.07, 6.45) is 5.05. The summed E-state index contributed by atoms with van der Waals surface area (Å²) in [5, 5.41) is 0. The van der Waals surface area contributed by atoms with Gasteiger partial charge in [-0.25, -0.2) is 8.42 Å². The highest BCUT2D eigenvalue weighted by Gasteiger charge is 2.26. The number of sulfonamides is 1. The van der Waals surface area contributed by atoms with Gasteiger partial charge in [-0.15, -0.1) is 0 Å². The number of methoxy groups -OCH3 is 1. The number of allylic oxidation sites excluding steroid dienone is 1. The van der Waals surface area contributed by atoms with E-state index in [2.05, 4.69) is 0 Å². The molecule has 1 aliphatic heterocycles. The van der Waals surface area contributed by atoms with E-state index in [-0.39, 0.29) is 12.5 Å². The Kier molecular flexibility index (Phi) is 6.44. The van der Waals surface area contributed by atoms with Crippen LogP contribution in [-0.2, 0) is 14.8 Å². The SMILES string of the molecule is CC=Cc1ccc(OCC(=O)N2CCN(S(C)(=O)=O)CC2)c(OC)c1. The molecule has 0 aromatic heterocycles. The zero-order chi connectivity index (χ0) is 18.4. The summed E-state index contributed by atoms with van der Waals surface area (Å²) in [5.41, 5.74) is 0.981. The molecule has 0 N–H and O–H groups in total. The first-order chi connectivity index (χ1) is 11.8. The molecular formula is C17H24N2O5S. The Morgan fingerprint density at radius 1 is 1.20 bits per heavy atom.